The second-order valence-corrected chi connectivity index (χ2v) is 9.74. The fraction of sp³-hybridized carbons (Fsp3) is 0.353. The van der Waals surface area contributed by atoms with Gasteiger partial charge in [0.1, 0.15) is 16.0 Å². The normalized spacial score (nSPS) is 18.5. The van der Waals surface area contributed by atoms with Crippen LogP contribution in [0.1, 0.15) is 19.3 Å². The number of methoxy groups -OCH3 is 1. The Balaban J connectivity index is 1.83. The fourth-order valence-electron chi connectivity index (χ4n) is 2.93. The van der Waals surface area contributed by atoms with E-state index in [0.29, 0.717) is 28.7 Å². The summed E-state index contributed by atoms with van der Waals surface area (Å²) in [6.07, 6.45) is 2.00. The first-order chi connectivity index (χ1) is 12.4. The summed E-state index contributed by atoms with van der Waals surface area (Å²) in [4.78, 5) is 12.8. The third kappa shape index (κ3) is 4.03. The monoisotopic (exact) mass is 414 g/mol. The molecule has 1 aliphatic rings. The molecule has 1 amide bonds. The van der Waals surface area contributed by atoms with Crippen LogP contribution in [0.5, 0.6) is 5.75 Å². The van der Waals surface area contributed by atoms with E-state index in [4.69, 9.17) is 16.3 Å². The first-order valence-corrected chi connectivity index (χ1v) is 10.8. The Hall–Kier alpha value is -1.61. The standard InChI is InChI=1S/C17H19ClN2O4S2/c1-24-13-6-4-5-12(11-13)19-17(21)14-7-2-3-10-20(14)26(22,23)16-9-8-15(18)25-16/h4-6,8-9,11,14H,2-3,7,10H2,1H3,(H,19,21)/t14-/m0/s1. The van der Waals surface area contributed by atoms with E-state index in [1.54, 1.807) is 37.4 Å². The van der Waals surface area contributed by atoms with Crippen molar-refractivity contribution >= 4 is 44.6 Å². The summed E-state index contributed by atoms with van der Waals surface area (Å²) in [5.41, 5.74) is 0.566. The molecule has 1 aromatic heterocycles. The number of benzene rings is 1. The van der Waals surface area contributed by atoms with Gasteiger partial charge in [0.05, 0.1) is 11.4 Å². The molecule has 1 aromatic carbocycles. The summed E-state index contributed by atoms with van der Waals surface area (Å²) < 4.78 is 32.9. The molecule has 0 spiro atoms. The quantitative estimate of drug-likeness (QED) is 0.811. The molecule has 1 aliphatic heterocycles. The molecule has 0 radical (unpaired) electrons. The molecule has 26 heavy (non-hydrogen) atoms. The largest absolute Gasteiger partial charge is 0.497 e. The summed E-state index contributed by atoms with van der Waals surface area (Å²) in [6.45, 7) is 0.314. The number of hydrogen-bond acceptors (Lipinski definition) is 5. The molecule has 6 nitrogen and oxygen atoms in total. The van der Waals surface area contributed by atoms with Gasteiger partial charge in [-0.1, -0.05) is 24.1 Å². The Kier molecular flexibility index (Phi) is 5.86. The minimum atomic E-state index is -3.76. The number of rotatable bonds is 5. The van der Waals surface area contributed by atoms with Gasteiger partial charge in [0.25, 0.3) is 10.0 Å². The summed E-state index contributed by atoms with van der Waals surface area (Å²) in [5.74, 6) is 0.272. The number of nitrogens with zero attached hydrogens (tertiary/aromatic N) is 1. The van der Waals surface area contributed by atoms with E-state index < -0.39 is 16.1 Å². The maximum atomic E-state index is 12.9. The van der Waals surface area contributed by atoms with Gasteiger partial charge in [0.15, 0.2) is 0 Å². The SMILES string of the molecule is COc1cccc(NC(=O)[C@@H]2CCCCN2S(=O)(=O)c2ccc(Cl)s2)c1. The molecule has 0 saturated carbocycles. The van der Waals surface area contributed by atoms with Gasteiger partial charge in [-0.3, -0.25) is 4.79 Å². The van der Waals surface area contributed by atoms with Crippen LogP contribution < -0.4 is 10.1 Å². The van der Waals surface area contributed by atoms with Gasteiger partial charge >= 0.3 is 0 Å². The molecular weight excluding hydrogens is 396 g/mol. The number of amides is 1. The molecule has 0 bridgehead atoms. The Morgan fingerprint density at radius 1 is 1.31 bits per heavy atom. The first kappa shape index (κ1) is 19.2. The van der Waals surface area contributed by atoms with Crippen molar-refractivity contribution in [3.8, 4) is 5.75 Å². The molecule has 1 atom stereocenters. The second kappa shape index (κ2) is 7.96. The van der Waals surface area contributed by atoms with E-state index in [2.05, 4.69) is 5.32 Å². The maximum Gasteiger partial charge on any atom is 0.253 e. The maximum absolute atomic E-state index is 12.9. The lowest BCUT2D eigenvalue weighted by Gasteiger charge is -2.33. The average molecular weight is 415 g/mol. The van der Waals surface area contributed by atoms with Crippen molar-refractivity contribution in [2.75, 3.05) is 19.0 Å². The average Bonchev–Trinajstić information content (AvgIpc) is 3.09. The Labute approximate surface area is 161 Å². The zero-order chi connectivity index (χ0) is 18.7. The lowest BCUT2D eigenvalue weighted by atomic mass is 10.0. The molecule has 9 heteroatoms. The highest BCUT2D eigenvalue weighted by molar-refractivity contribution is 7.91. The minimum Gasteiger partial charge on any atom is -0.497 e. The number of hydrogen-bond donors (Lipinski definition) is 1. The molecule has 140 valence electrons. The van der Waals surface area contributed by atoms with E-state index in [1.807, 2.05) is 0 Å². The van der Waals surface area contributed by atoms with Crippen molar-refractivity contribution in [1.82, 2.24) is 4.31 Å². The van der Waals surface area contributed by atoms with Gasteiger partial charge in [0, 0.05) is 18.3 Å². The zero-order valence-electron chi connectivity index (χ0n) is 14.1. The molecule has 2 heterocycles. The van der Waals surface area contributed by atoms with E-state index >= 15 is 0 Å². The number of carbonyl (C=O) groups excluding carboxylic acids is 1. The zero-order valence-corrected chi connectivity index (χ0v) is 16.5. The highest BCUT2D eigenvalue weighted by atomic mass is 35.5. The van der Waals surface area contributed by atoms with Crippen LogP contribution in [0.3, 0.4) is 0 Å². The van der Waals surface area contributed by atoms with Gasteiger partial charge in [-0.15, -0.1) is 11.3 Å². The number of anilines is 1. The Morgan fingerprint density at radius 2 is 2.12 bits per heavy atom. The van der Waals surface area contributed by atoms with E-state index in [1.165, 1.54) is 10.4 Å². The molecule has 1 N–H and O–H groups in total. The van der Waals surface area contributed by atoms with Crippen molar-refractivity contribution < 1.29 is 17.9 Å². The van der Waals surface area contributed by atoms with Crippen LogP contribution in [0.4, 0.5) is 5.69 Å². The number of halogens is 1. The number of thiophene rings is 1. The third-order valence-corrected chi connectivity index (χ3v) is 7.81. The number of ether oxygens (including phenoxy) is 1. The van der Waals surface area contributed by atoms with Gasteiger partial charge < -0.3 is 10.1 Å². The number of nitrogens with one attached hydrogen (secondary N) is 1. The van der Waals surface area contributed by atoms with Crippen molar-refractivity contribution in [3.63, 3.8) is 0 Å². The molecule has 2 aromatic rings. The van der Waals surface area contributed by atoms with E-state index in [-0.39, 0.29) is 10.1 Å². The van der Waals surface area contributed by atoms with Crippen molar-refractivity contribution in [2.45, 2.75) is 29.5 Å². The summed E-state index contributed by atoms with van der Waals surface area (Å²) in [7, 11) is -2.21. The lowest BCUT2D eigenvalue weighted by Crippen LogP contribution is -2.49. The van der Waals surface area contributed by atoms with Crippen molar-refractivity contribution in [1.29, 1.82) is 0 Å². The smallest absolute Gasteiger partial charge is 0.253 e. The fourth-order valence-corrected chi connectivity index (χ4v) is 6.20. The van der Waals surface area contributed by atoms with Crippen molar-refractivity contribution in [2.24, 2.45) is 0 Å². The van der Waals surface area contributed by atoms with E-state index in [9.17, 15) is 13.2 Å². The first-order valence-electron chi connectivity index (χ1n) is 8.14. The Bertz CT molecular complexity index is 898. The predicted molar refractivity (Wildman–Crippen MR) is 102 cm³/mol. The summed E-state index contributed by atoms with van der Waals surface area (Å²) in [6, 6.07) is 9.24. The number of carbonyl (C=O) groups is 1. The number of sulfonamides is 1. The molecule has 1 saturated heterocycles. The van der Waals surface area contributed by atoms with Gasteiger partial charge in [-0.2, -0.15) is 4.31 Å². The van der Waals surface area contributed by atoms with Crippen LogP contribution in [0.25, 0.3) is 0 Å². The predicted octanol–water partition coefficient (Wildman–Crippen LogP) is 3.59. The van der Waals surface area contributed by atoms with Crippen LogP contribution in [-0.4, -0.2) is 38.3 Å². The van der Waals surface area contributed by atoms with E-state index in [0.717, 1.165) is 24.2 Å². The highest BCUT2D eigenvalue weighted by Gasteiger charge is 2.38. The highest BCUT2D eigenvalue weighted by Crippen LogP contribution is 2.32. The van der Waals surface area contributed by atoms with Crippen LogP contribution in [0.2, 0.25) is 4.34 Å². The number of piperidine rings is 1. The van der Waals surface area contributed by atoms with Crippen molar-refractivity contribution in [3.05, 3.63) is 40.7 Å². The third-order valence-electron chi connectivity index (χ3n) is 4.21. The lowest BCUT2D eigenvalue weighted by molar-refractivity contribution is -0.120. The van der Waals surface area contributed by atoms with Crippen LogP contribution in [-0.2, 0) is 14.8 Å². The van der Waals surface area contributed by atoms with Crippen LogP contribution >= 0.6 is 22.9 Å². The van der Waals surface area contributed by atoms with Gasteiger partial charge in [-0.05, 0) is 37.1 Å². The molecule has 0 aliphatic carbocycles. The molecule has 1 fully saturated rings. The van der Waals surface area contributed by atoms with Crippen LogP contribution in [0.15, 0.2) is 40.6 Å². The molecule has 3 rings (SSSR count). The van der Waals surface area contributed by atoms with Gasteiger partial charge in [0.2, 0.25) is 5.91 Å². The Morgan fingerprint density at radius 3 is 2.81 bits per heavy atom. The summed E-state index contributed by atoms with van der Waals surface area (Å²) >= 11 is 6.88. The molecule has 0 unspecified atom stereocenters. The van der Waals surface area contributed by atoms with Crippen LogP contribution in [0, 0.1) is 0 Å². The topological polar surface area (TPSA) is 75.7 Å². The minimum absolute atomic E-state index is 0.156. The van der Waals surface area contributed by atoms with Gasteiger partial charge in [-0.25, -0.2) is 8.42 Å². The second-order valence-electron chi connectivity index (χ2n) is 5.91. The summed E-state index contributed by atoms with van der Waals surface area (Å²) in [5, 5.41) is 2.80. The molecular formula is C17H19ClN2O4S2.